The fraction of sp³-hybridized carbons (Fsp3) is 0.857. The number of hydrogen-bond donors (Lipinski definition) is 3. The molecule has 0 aromatic heterocycles. The summed E-state index contributed by atoms with van der Waals surface area (Å²) in [6, 6.07) is 0.336. The molecule has 3 N–H and O–H groups in total. The number of nitrogens with one attached hydrogen (secondary N) is 3. The zero-order chi connectivity index (χ0) is 14.6. The van der Waals surface area contributed by atoms with Crippen LogP contribution in [0.25, 0.3) is 0 Å². The topological polar surface area (TPSA) is 79.5 Å². The van der Waals surface area contributed by atoms with E-state index >= 15 is 0 Å². The molecule has 1 saturated carbocycles. The van der Waals surface area contributed by atoms with Crippen molar-refractivity contribution >= 4 is 11.8 Å². The molecule has 0 spiro atoms. The standard InChI is InChI=1S/C14H27N3O3/c1-20-10-9-15-11-14(19)16-8-7-13(18)17-12-5-3-2-4-6-12/h12,15H,2-11H2,1H3,(H,16,19)(H,17,18). The van der Waals surface area contributed by atoms with Gasteiger partial charge < -0.3 is 20.7 Å². The predicted molar refractivity (Wildman–Crippen MR) is 77.4 cm³/mol. The normalized spacial score (nSPS) is 15.8. The van der Waals surface area contributed by atoms with Gasteiger partial charge >= 0.3 is 0 Å². The summed E-state index contributed by atoms with van der Waals surface area (Å²) in [5.74, 6) is -0.0592. The molecule has 0 atom stereocenters. The van der Waals surface area contributed by atoms with Crippen LogP contribution in [-0.4, -0.2) is 51.2 Å². The molecular formula is C14H27N3O3. The summed E-state index contributed by atoms with van der Waals surface area (Å²) in [6.07, 6.45) is 6.20. The van der Waals surface area contributed by atoms with Crippen LogP contribution < -0.4 is 16.0 Å². The molecule has 6 heteroatoms. The molecule has 0 radical (unpaired) electrons. The van der Waals surface area contributed by atoms with Crippen LogP contribution in [0.3, 0.4) is 0 Å². The number of ether oxygens (including phenoxy) is 1. The molecule has 1 aliphatic carbocycles. The largest absolute Gasteiger partial charge is 0.383 e. The molecule has 0 aromatic rings. The van der Waals surface area contributed by atoms with E-state index < -0.39 is 0 Å². The average molecular weight is 285 g/mol. The average Bonchev–Trinajstić information content (AvgIpc) is 2.45. The zero-order valence-corrected chi connectivity index (χ0v) is 12.4. The number of methoxy groups -OCH3 is 1. The maximum atomic E-state index is 11.7. The van der Waals surface area contributed by atoms with Gasteiger partial charge in [0.05, 0.1) is 13.2 Å². The molecule has 1 rings (SSSR count). The Morgan fingerprint density at radius 1 is 1.10 bits per heavy atom. The van der Waals surface area contributed by atoms with Crippen LogP contribution in [0.4, 0.5) is 0 Å². The Labute approximate surface area is 121 Å². The van der Waals surface area contributed by atoms with Crippen LogP contribution in [0.1, 0.15) is 38.5 Å². The SMILES string of the molecule is COCCNCC(=O)NCCC(=O)NC1CCCCC1. The van der Waals surface area contributed by atoms with Crippen molar-refractivity contribution in [1.82, 2.24) is 16.0 Å². The smallest absolute Gasteiger partial charge is 0.233 e. The van der Waals surface area contributed by atoms with E-state index in [1.165, 1.54) is 19.3 Å². The number of hydrogen-bond acceptors (Lipinski definition) is 4. The first-order valence-corrected chi connectivity index (χ1v) is 7.48. The van der Waals surface area contributed by atoms with Gasteiger partial charge in [0.25, 0.3) is 0 Å². The highest BCUT2D eigenvalue weighted by atomic mass is 16.5. The fourth-order valence-corrected chi connectivity index (χ4v) is 2.30. The molecule has 0 unspecified atom stereocenters. The lowest BCUT2D eigenvalue weighted by atomic mass is 9.95. The van der Waals surface area contributed by atoms with Gasteiger partial charge in [-0.2, -0.15) is 0 Å². The Morgan fingerprint density at radius 2 is 1.85 bits per heavy atom. The minimum Gasteiger partial charge on any atom is -0.383 e. The number of rotatable bonds is 9. The Bertz CT molecular complexity index is 291. The Kier molecular flexibility index (Phi) is 8.98. The zero-order valence-electron chi connectivity index (χ0n) is 12.4. The lowest BCUT2D eigenvalue weighted by Crippen LogP contribution is -2.40. The fourth-order valence-electron chi connectivity index (χ4n) is 2.30. The molecule has 0 saturated heterocycles. The molecule has 1 fully saturated rings. The first-order valence-electron chi connectivity index (χ1n) is 7.48. The van der Waals surface area contributed by atoms with Crippen molar-refractivity contribution in [2.75, 3.05) is 33.4 Å². The molecule has 1 aliphatic rings. The third-order valence-corrected chi connectivity index (χ3v) is 3.41. The number of amides is 2. The van der Waals surface area contributed by atoms with Gasteiger partial charge in [-0.1, -0.05) is 19.3 Å². The van der Waals surface area contributed by atoms with Gasteiger partial charge in [-0.3, -0.25) is 9.59 Å². The van der Waals surface area contributed by atoms with Crippen molar-refractivity contribution in [3.8, 4) is 0 Å². The van der Waals surface area contributed by atoms with Crippen LogP contribution in [0.5, 0.6) is 0 Å². The van der Waals surface area contributed by atoms with Gasteiger partial charge in [0, 0.05) is 32.7 Å². The molecule has 0 aliphatic heterocycles. The van der Waals surface area contributed by atoms with E-state index in [9.17, 15) is 9.59 Å². The predicted octanol–water partition coefficient (Wildman–Crippen LogP) is 0.178. The lowest BCUT2D eigenvalue weighted by molar-refractivity contribution is -0.122. The first-order chi connectivity index (χ1) is 9.72. The summed E-state index contributed by atoms with van der Waals surface area (Å²) in [4.78, 5) is 23.1. The van der Waals surface area contributed by atoms with Crippen molar-refractivity contribution in [3.05, 3.63) is 0 Å². The summed E-state index contributed by atoms with van der Waals surface area (Å²) < 4.78 is 4.86. The second-order valence-corrected chi connectivity index (χ2v) is 5.17. The van der Waals surface area contributed by atoms with E-state index in [0.717, 1.165) is 12.8 Å². The van der Waals surface area contributed by atoms with Crippen molar-refractivity contribution in [3.63, 3.8) is 0 Å². The van der Waals surface area contributed by atoms with Crippen molar-refractivity contribution in [2.45, 2.75) is 44.6 Å². The van der Waals surface area contributed by atoms with E-state index in [4.69, 9.17) is 4.74 Å². The molecule has 20 heavy (non-hydrogen) atoms. The van der Waals surface area contributed by atoms with Crippen molar-refractivity contribution < 1.29 is 14.3 Å². The van der Waals surface area contributed by atoms with Gasteiger partial charge in [-0.05, 0) is 12.8 Å². The third kappa shape index (κ3) is 8.12. The van der Waals surface area contributed by atoms with Crippen LogP contribution in [0, 0.1) is 0 Å². The summed E-state index contributed by atoms with van der Waals surface area (Å²) in [7, 11) is 1.62. The molecule has 2 amide bonds. The first kappa shape index (κ1) is 16.9. The number of carbonyl (C=O) groups is 2. The Hall–Kier alpha value is -1.14. The highest BCUT2D eigenvalue weighted by Crippen LogP contribution is 2.17. The Balaban J connectivity index is 1.98. The van der Waals surface area contributed by atoms with Crippen LogP contribution >= 0.6 is 0 Å². The van der Waals surface area contributed by atoms with E-state index in [1.807, 2.05) is 0 Å². The Morgan fingerprint density at radius 3 is 2.55 bits per heavy atom. The van der Waals surface area contributed by atoms with Gasteiger partial charge in [-0.15, -0.1) is 0 Å². The lowest BCUT2D eigenvalue weighted by Gasteiger charge is -2.22. The second kappa shape index (κ2) is 10.6. The molecule has 0 bridgehead atoms. The third-order valence-electron chi connectivity index (χ3n) is 3.41. The number of carbonyl (C=O) groups excluding carboxylic acids is 2. The van der Waals surface area contributed by atoms with Gasteiger partial charge in [-0.25, -0.2) is 0 Å². The summed E-state index contributed by atoms with van der Waals surface area (Å²) in [5, 5.41) is 8.71. The summed E-state index contributed by atoms with van der Waals surface area (Å²) in [6.45, 7) is 1.88. The van der Waals surface area contributed by atoms with Gasteiger partial charge in [0.1, 0.15) is 0 Å². The molecule has 0 aromatic carbocycles. The van der Waals surface area contributed by atoms with E-state index in [0.29, 0.717) is 32.2 Å². The molecule has 116 valence electrons. The van der Waals surface area contributed by atoms with Gasteiger partial charge in [0.15, 0.2) is 0 Å². The van der Waals surface area contributed by atoms with Crippen LogP contribution in [0.2, 0.25) is 0 Å². The molecular weight excluding hydrogens is 258 g/mol. The minimum absolute atomic E-state index is 0.0320. The van der Waals surface area contributed by atoms with Crippen molar-refractivity contribution in [2.24, 2.45) is 0 Å². The maximum Gasteiger partial charge on any atom is 0.233 e. The van der Waals surface area contributed by atoms with E-state index in [-0.39, 0.29) is 18.4 Å². The summed E-state index contributed by atoms with van der Waals surface area (Å²) >= 11 is 0. The van der Waals surface area contributed by atoms with Crippen LogP contribution in [-0.2, 0) is 14.3 Å². The highest BCUT2D eigenvalue weighted by Gasteiger charge is 2.15. The van der Waals surface area contributed by atoms with Crippen molar-refractivity contribution in [1.29, 1.82) is 0 Å². The van der Waals surface area contributed by atoms with Gasteiger partial charge in [0.2, 0.25) is 11.8 Å². The van der Waals surface area contributed by atoms with Crippen LogP contribution in [0.15, 0.2) is 0 Å². The second-order valence-electron chi connectivity index (χ2n) is 5.17. The van der Waals surface area contributed by atoms with E-state index in [1.54, 1.807) is 7.11 Å². The monoisotopic (exact) mass is 285 g/mol. The maximum absolute atomic E-state index is 11.7. The van der Waals surface area contributed by atoms with E-state index in [2.05, 4.69) is 16.0 Å². The minimum atomic E-state index is -0.0911. The molecule has 6 nitrogen and oxygen atoms in total. The summed E-state index contributed by atoms with van der Waals surface area (Å²) in [5.41, 5.74) is 0. The highest BCUT2D eigenvalue weighted by molar-refractivity contribution is 5.80. The molecule has 0 heterocycles. The quantitative estimate of drug-likeness (QED) is 0.528.